The van der Waals surface area contributed by atoms with E-state index in [1.807, 2.05) is 37.6 Å². The zero-order valence-electron chi connectivity index (χ0n) is 20.1. The molecule has 0 aliphatic heterocycles. The van der Waals surface area contributed by atoms with Crippen LogP contribution >= 0.6 is 0 Å². The Morgan fingerprint density at radius 2 is 1.89 bits per heavy atom. The lowest BCUT2D eigenvalue weighted by atomic mass is 10.0. The Kier molecular flexibility index (Phi) is 6.62. The van der Waals surface area contributed by atoms with Crippen LogP contribution in [0.3, 0.4) is 0 Å². The Morgan fingerprint density at radius 3 is 2.62 bits per heavy atom. The number of pyridine rings is 2. The number of hydrogen-bond donors (Lipinski definition) is 2. The lowest BCUT2D eigenvalue weighted by Crippen LogP contribution is -2.22. The summed E-state index contributed by atoms with van der Waals surface area (Å²) in [5.41, 5.74) is 5.61. The van der Waals surface area contributed by atoms with Crippen molar-refractivity contribution >= 4 is 11.3 Å². The molecule has 0 unspecified atom stereocenters. The second-order valence-corrected chi connectivity index (χ2v) is 8.47. The van der Waals surface area contributed by atoms with Gasteiger partial charge in [0.05, 0.1) is 29.0 Å². The van der Waals surface area contributed by atoms with Crippen molar-refractivity contribution < 1.29 is 4.39 Å². The minimum absolute atomic E-state index is 0.266. The quantitative estimate of drug-likeness (QED) is 0.252. The smallest absolute Gasteiger partial charge is 0.143 e. The first-order valence-electron chi connectivity index (χ1n) is 11.6. The highest BCUT2D eigenvalue weighted by Gasteiger charge is 2.15. The molecular weight excluding hydrogens is 467 g/mol. The van der Waals surface area contributed by atoms with Gasteiger partial charge in [0.15, 0.2) is 0 Å². The standard InChI is InChI=1S/C28H23FN8/c1-3-19-5-4-6-21(27(19)29)13-31-9-10-32-26-8-7-20(14-33-26)25-11-22(24-16-34-36(2)17-24)18-37-28(25)23(12-30)15-35-37/h1,4-8,11,14-18,31H,9-10,13H2,2H3,(H,32,33). The molecule has 5 aromatic rings. The molecule has 2 N–H and O–H groups in total. The van der Waals surface area contributed by atoms with E-state index >= 15 is 0 Å². The van der Waals surface area contributed by atoms with Gasteiger partial charge in [0, 0.05) is 73.1 Å². The summed E-state index contributed by atoms with van der Waals surface area (Å²) in [7, 11) is 1.87. The van der Waals surface area contributed by atoms with E-state index in [0.717, 1.165) is 27.8 Å². The maximum absolute atomic E-state index is 14.2. The highest BCUT2D eigenvalue weighted by atomic mass is 19.1. The summed E-state index contributed by atoms with van der Waals surface area (Å²) in [6.45, 7) is 1.59. The number of halogens is 1. The molecule has 8 nitrogen and oxygen atoms in total. The number of anilines is 1. The van der Waals surface area contributed by atoms with Gasteiger partial charge in [-0.3, -0.25) is 4.68 Å². The molecule has 0 spiro atoms. The van der Waals surface area contributed by atoms with Crippen molar-refractivity contribution in [2.24, 2.45) is 7.05 Å². The molecule has 0 saturated heterocycles. The van der Waals surface area contributed by atoms with E-state index in [0.29, 0.717) is 36.6 Å². The summed E-state index contributed by atoms with van der Waals surface area (Å²) in [5.74, 6) is 2.70. The zero-order valence-corrected chi connectivity index (χ0v) is 20.1. The number of aromatic nitrogens is 5. The monoisotopic (exact) mass is 490 g/mol. The average molecular weight is 491 g/mol. The summed E-state index contributed by atoms with van der Waals surface area (Å²) in [6, 6.07) is 13.2. The number of hydrogen-bond acceptors (Lipinski definition) is 6. The normalized spacial score (nSPS) is 10.8. The number of aryl methyl sites for hydroxylation is 1. The van der Waals surface area contributed by atoms with Gasteiger partial charge in [-0.05, 0) is 24.3 Å². The molecule has 5 rings (SSSR count). The van der Waals surface area contributed by atoms with Crippen molar-refractivity contribution in [3.63, 3.8) is 0 Å². The first kappa shape index (κ1) is 23.7. The highest BCUT2D eigenvalue weighted by Crippen LogP contribution is 2.31. The van der Waals surface area contributed by atoms with Crippen LogP contribution in [-0.4, -0.2) is 37.5 Å². The predicted molar refractivity (Wildman–Crippen MR) is 140 cm³/mol. The number of rotatable bonds is 8. The minimum Gasteiger partial charge on any atom is -0.369 e. The molecular formula is C28H23FN8. The Hall–Kier alpha value is -4.99. The van der Waals surface area contributed by atoms with Gasteiger partial charge in [-0.1, -0.05) is 18.1 Å². The second kappa shape index (κ2) is 10.3. The van der Waals surface area contributed by atoms with Crippen LogP contribution in [0.2, 0.25) is 0 Å². The molecule has 1 aromatic carbocycles. The number of terminal acetylenes is 1. The van der Waals surface area contributed by atoms with E-state index in [1.54, 1.807) is 46.0 Å². The van der Waals surface area contributed by atoms with Gasteiger partial charge in [0.1, 0.15) is 17.7 Å². The molecule has 0 saturated carbocycles. The summed E-state index contributed by atoms with van der Waals surface area (Å²) in [5, 5.41) is 24.7. The van der Waals surface area contributed by atoms with Gasteiger partial charge in [-0.25, -0.2) is 13.9 Å². The zero-order chi connectivity index (χ0) is 25.8. The average Bonchev–Trinajstić information content (AvgIpc) is 3.55. The molecule has 0 aliphatic rings. The third-order valence-electron chi connectivity index (χ3n) is 6.00. The summed E-state index contributed by atoms with van der Waals surface area (Å²) < 4.78 is 17.7. The van der Waals surface area contributed by atoms with Gasteiger partial charge in [-0.2, -0.15) is 15.5 Å². The molecule has 0 bridgehead atoms. The Bertz CT molecular complexity index is 1650. The van der Waals surface area contributed by atoms with Crippen molar-refractivity contribution in [3.8, 4) is 40.7 Å². The largest absolute Gasteiger partial charge is 0.369 e. The van der Waals surface area contributed by atoms with Crippen LogP contribution in [0.15, 0.2) is 67.4 Å². The number of fused-ring (bicyclic) bond motifs is 1. The summed E-state index contributed by atoms with van der Waals surface area (Å²) >= 11 is 0. The number of nitrogens with one attached hydrogen (secondary N) is 2. The molecule has 0 atom stereocenters. The van der Waals surface area contributed by atoms with E-state index in [1.165, 1.54) is 0 Å². The van der Waals surface area contributed by atoms with Crippen LogP contribution in [-0.2, 0) is 13.6 Å². The lowest BCUT2D eigenvalue weighted by Gasteiger charge is -2.11. The maximum atomic E-state index is 14.2. The highest BCUT2D eigenvalue weighted by molar-refractivity contribution is 5.87. The number of nitriles is 1. The minimum atomic E-state index is -0.359. The van der Waals surface area contributed by atoms with Crippen molar-refractivity contribution in [1.29, 1.82) is 5.26 Å². The first-order valence-corrected chi connectivity index (χ1v) is 11.6. The molecule has 182 valence electrons. The lowest BCUT2D eigenvalue weighted by molar-refractivity contribution is 0.588. The van der Waals surface area contributed by atoms with Gasteiger partial charge in [-0.15, -0.1) is 6.42 Å². The van der Waals surface area contributed by atoms with E-state index in [-0.39, 0.29) is 11.4 Å². The molecule has 0 amide bonds. The maximum Gasteiger partial charge on any atom is 0.143 e. The van der Waals surface area contributed by atoms with E-state index < -0.39 is 0 Å². The van der Waals surface area contributed by atoms with E-state index in [4.69, 9.17) is 6.42 Å². The molecule has 37 heavy (non-hydrogen) atoms. The number of benzene rings is 1. The van der Waals surface area contributed by atoms with Crippen LogP contribution < -0.4 is 10.6 Å². The van der Waals surface area contributed by atoms with Crippen LogP contribution in [0.1, 0.15) is 16.7 Å². The van der Waals surface area contributed by atoms with Crippen molar-refractivity contribution in [3.05, 3.63) is 89.9 Å². The first-order chi connectivity index (χ1) is 18.1. The second-order valence-electron chi connectivity index (χ2n) is 8.47. The van der Waals surface area contributed by atoms with Crippen LogP contribution in [0, 0.1) is 29.5 Å². The molecule has 9 heteroatoms. The topological polar surface area (TPSA) is 95.9 Å². The van der Waals surface area contributed by atoms with Crippen LogP contribution in [0.25, 0.3) is 27.8 Å². The summed E-state index contributed by atoms with van der Waals surface area (Å²) in [4.78, 5) is 4.55. The van der Waals surface area contributed by atoms with Gasteiger partial charge in [0.25, 0.3) is 0 Å². The fourth-order valence-corrected chi connectivity index (χ4v) is 4.14. The van der Waals surface area contributed by atoms with Gasteiger partial charge >= 0.3 is 0 Å². The Labute approximate surface area is 213 Å². The summed E-state index contributed by atoms with van der Waals surface area (Å²) in [6.07, 6.45) is 14.3. The Balaban J connectivity index is 1.29. The molecule has 0 fully saturated rings. The van der Waals surface area contributed by atoms with Gasteiger partial charge < -0.3 is 10.6 Å². The van der Waals surface area contributed by atoms with E-state index in [2.05, 4.69) is 37.8 Å². The van der Waals surface area contributed by atoms with Crippen LogP contribution in [0.4, 0.5) is 10.2 Å². The van der Waals surface area contributed by atoms with Crippen molar-refractivity contribution in [2.45, 2.75) is 6.54 Å². The van der Waals surface area contributed by atoms with Crippen LogP contribution in [0.5, 0.6) is 0 Å². The third kappa shape index (κ3) is 4.90. The molecule has 0 aliphatic carbocycles. The molecule has 4 heterocycles. The van der Waals surface area contributed by atoms with Gasteiger partial charge in [0.2, 0.25) is 0 Å². The van der Waals surface area contributed by atoms with Crippen molar-refractivity contribution in [1.82, 2.24) is 29.7 Å². The molecule has 4 aromatic heterocycles. The van der Waals surface area contributed by atoms with Crippen molar-refractivity contribution in [2.75, 3.05) is 18.4 Å². The number of nitrogens with zero attached hydrogens (tertiary/aromatic N) is 6. The molecule has 0 radical (unpaired) electrons. The fraction of sp³-hybridized carbons (Fsp3) is 0.143. The third-order valence-corrected chi connectivity index (χ3v) is 6.00. The predicted octanol–water partition coefficient (Wildman–Crippen LogP) is 3.99. The fourth-order valence-electron chi connectivity index (χ4n) is 4.14. The Morgan fingerprint density at radius 1 is 1.00 bits per heavy atom. The SMILES string of the molecule is C#Cc1cccc(CNCCNc2ccc(-c3cc(-c4cnn(C)c4)cn4ncc(C#N)c34)cn2)c1F. The van der Waals surface area contributed by atoms with E-state index in [9.17, 15) is 9.65 Å².